The minimum Gasteiger partial charge on any atom is -0.307 e. The zero-order valence-electron chi connectivity index (χ0n) is 11.8. The van der Waals surface area contributed by atoms with Gasteiger partial charge in [-0.05, 0) is 43.7 Å². The molecule has 1 aromatic carbocycles. The van der Waals surface area contributed by atoms with Gasteiger partial charge in [-0.1, -0.05) is 45.0 Å². The summed E-state index contributed by atoms with van der Waals surface area (Å²) < 4.78 is 0. The van der Waals surface area contributed by atoms with Crippen molar-refractivity contribution in [2.75, 3.05) is 0 Å². The van der Waals surface area contributed by atoms with Gasteiger partial charge in [-0.3, -0.25) is 0 Å². The molecule has 17 heavy (non-hydrogen) atoms. The van der Waals surface area contributed by atoms with Crippen molar-refractivity contribution < 1.29 is 0 Å². The van der Waals surface area contributed by atoms with Crippen LogP contribution in [0.25, 0.3) is 0 Å². The first kappa shape index (κ1) is 14.2. The molecule has 0 amide bonds. The predicted molar refractivity (Wildman–Crippen MR) is 76.3 cm³/mol. The van der Waals surface area contributed by atoms with E-state index in [-0.39, 0.29) is 0 Å². The minimum atomic E-state index is 0.420. The van der Waals surface area contributed by atoms with Crippen LogP contribution in [0.3, 0.4) is 0 Å². The van der Waals surface area contributed by atoms with E-state index in [1.807, 2.05) is 13.8 Å². The number of benzene rings is 1. The quantitative estimate of drug-likeness (QED) is 0.817. The van der Waals surface area contributed by atoms with Crippen molar-refractivity contribution in [1.29, 1.82) is 0 Å². The van der Waals surface area contributed by atoms with Crippen LogP contribution in [0.15, 0.2) is 24.3 Å². The smallest absolute Gasteiger partial charge is 0.0210 e. The second-order valence-electron chi connectivity index (χ2n) is 4.94. The fourth-order valence-electron chi connectivity index (χ4n) is 2.09. The summed E-state index contributed by atoms with van der Waals surface area (Å²) in [5, 5.41) is 3.65. The minimum absolute atomic E-state index is 0.420. The molecule has 1 fully saturated rings. The molecular weight excluding hydrogens is 206 g/mol. The van der Waals surface area contributed by atoms with Crippen molar-refractivity contribution >= 4 is 0 Å². The average Bonchev–Trinajstić information content (AvgIpc) is 2.37. The molecule has 1 saturated carbocycles. The number of hydrogen-bond acceptors (Lipinski definition) is 1. The van der Waals surface area contributed by atoms with Gasteiger partial charge >= 0.3 is 0 Å². The van der Waals surface area contributed by atoms with Gasteiger partial charge in [0.2, 0.25) is 0 Å². The molecule has 1 N–H and O–H groups in total. The van der Waals surface area contributed by atoms with Crippen LogP contribution >= 0.6 is 0 Å². The Bertz CT molecular complexity index is 309. The maximum absolute atomic E-state index is 3.65. The Morgan fingerprint density at radius 1 is 1.06 bits per heavy atom. The van der Waals surface area contributed by atoms with E-state index < -0.39 is 0 Å². The van der Waals surface area contributed by atoms with Crippen LogP contribution in [0, 0.1) is 0 Å². The summed E-state index contributed by atoms with van der Waals surface area (Å²) in [7, 11) is 0. The second kappa shape index (κ2) is 6.80. The molecule has 0 atom stereocenters. The normalized spacial score (nSPS) is 16.7. The standard InChI is InChI=1S/C14H21N.C2H6/c1-3-12-5-7-13(8-6-12)11-15-14(2)9-4-10-14;1-2/h5-8,15H,3-4,9-11H2,1-2H3;1-2H3. The summed E-state index contributed by atoms with van der Waals surface area (Å²) in [4.78, 5) is 0. The summed E-state index contributed by atoms with van der Waals surface area (Å²) in [6.07, 6.45) is 5.18. The molecule has 0 aliphatic heterocycles. The van der Waals surface area contributed by atoms with E-state index >= 15 is 0 Å². The lowest BCUT2D eigenvalue weighted by molar-refractivity contribution is 0.207. The second-order valence-corrected chi connectivity index (χ2v) is 4.94. The molecule has 0 saturated heterocycles. The van der Waals surface area contributed by atoms with Gasteiger partial charge in [0, 0.05) is 12.1 Å². The fourth-order valence-corrected chi connectivity index (χ4v) is 2.09. The van der Waals surface area contributed by atoms with Crippen molar-refractivity contribution in [2.45, 2.75) is 65.5 Å². The van der Waals surface area contributed by atoms with Crippen LogP contribution < -0.4 is 5.32 Å². The van der Waals surface area contributed by atoms with Crippen LogP contribution in [0.2, 0.25) is 0 Å². The highest BCUT2D eigenvalue weighted by molar-refractivity contribution is 5.22. The van der Waals surface area contributed by atoms with Crippen molar-refractivity contribution in [3.05, 3.63) is 35.4 Å². The lowest BCUT2D eigenvalue weighted by Crippen LogP contribution is -2.47. The molecule has 1 aliphatic rings. The monoisotopic (exact) mass is 233 g/mol. The third-order valence-electron chi connectivity index (χ3n) is 3.61. The highest BCUT2D eigenvalue weighted by Crippen LogP contribution is 2.31. The lowest BCUT2D eigenvalue weighted by atomic mass is 9.78. The van der Waals surface area contributed by atoms with Crippen molar-refractivity contribution in [3.8, 4) is 0 Å². The Labute approximate surface area is 107 Å². The average molecular weight is 233 g/mol. The molecule has 1 nitrogen and oxygen atoms in total. The number of rotatable bonds is 4. The zero-order valence-corrected chi connectivity index (χ0v) is 11.8. The molecule has 0 unspecified atom stereocenters. The third kappa shape index (κ3) is 4.16. The van der Waals surface area contributed by atoms with Gasteiger partial charge in [0.1, 0.15) is 0 Å². The molecule has 0 bridgehead atoms. The van der Waals surface area contributed by atoms with Crippen LogP contribution in [0.4, 0.5) is 0 Å². The first-order valence-electron chi connectivity index (χ1n) is 7.05. The molecule has 2 rings (SSSR count). The number of aryl methyl sites for hydroxylation is 1. The van der Waals surface area contributed by atoms with Crippen molar-refractivity contribution in [1.82, 2.24) is 5.32 Å². The van der Waals surface area contributed by atoms with E-state index in [4.69, 9.17) is 0 Å². The number of hydrogen-bond donors (Lipinski definition) is 1. The molecule has 0 aromatic heterocycles. The van der Waals surface area contributed by atoms with E-state index in [1.165, 1.54) is 30.4 Å². The summed E-state index contributed by atoms with van der Waals surface area (Å²) >= 11 is 0. The Balaban J connectivity index is 0.000000686. The van der Waals surface area contributed by atoms with E-state index in [0.29, 0.717) is 5.54 Å². The topological polar surface area (TPSA) is 12.0 Å². The maximum Gasteiger partial charge on any atom is 0.0210 e. The summed E-state index contributed by atoms with van der Waals surface area (Å²) in [6, 6.07) is 8.96. The van der Waals surface area contributed by atoms with Gasteiger partial charge in [0.05, 0.1) is 0 Å². The molecule has 1 heteroatoms. The molecule has 0 spiro atoms. The largest absolute Gasteiger partial charge is 0.307 e. The molecule has 0 radical (unpaired) electrons. The van der Waals surface area contributed by atoms with E-state index in [2.05, 4.69) is 43.4 Å². The first-order chi connectivity index (χ1) is 8.22. The highest BCUT2D eigenvalue weighted by atomic mass is 15.0. The van der Waals surface area contributed by atoms with E-state index in [0.717, 1.165) is 13.0 Å². The van der Waals surface area contributed by atoms with E-state index in [1.54, 1.807) is 0 Å². The Kier molecular flexibility index (Phi) is 5.70. The molecule has 0 heterocycles. The molecule has 96 valence electrons. The predicted octanol–water partition coefficient (Wildman–Crippen LogP) is 4.31. The van der Waals surface area contributed by atoms with Gasteiger partial charge in [-0.25, -0.2) is 0 Å². The van der Waals surface area contributed by atoms with Crippen molar-refractivity contribution in [3.63, 3.8) is 0 Å². The van der Waals surface area contributed by atoms with Gasteiger partial charge in [-0.15, -0.1) is 0 Å². The van der Waals surface area contributed by atoms with Crippen LogP contribution in [0.1, 0.15) is 58.1 Å². The SMILES string of the molecule is CC.CCc1ccc(CNC2(C)CCC2)cc1. The van der Waals surface area contributed by atoms with Crippen LogP contribution in [-0.4, -0.2) is 5.54 Å². The Morgan fingerprint density at radius 2 is 1.59 bits per heavy atom. The molecular formula is C16H27N. The third-order valence-corrected chi connectivity index (χ3v) is 3.61. The van der Waals surface area contributed by atoms with Crippen LogP contribution in [0.5, 0.6) is 0 Å². The summed E-state index contributed by atoms with van der Waals surface area (Å²) in [5.74, 6) is 0. The first-order valence-corrected chi connectivity index (χ1v) is 7.05. The number of nitrogens with one attached hydrogen (secondary N) is 1. The molecule has 1 aliphatic carbocycles. The van der Waals surface area contributed by atoms with Gasteiger partial charge < -0.3 is 5.32 Å². The van der Waals surface area contributed by atoms with Crippen LogP contribution in [-0.2, 0) is 13.0 Å². The van der Waals surface area contributed by atoms with Gasteiger partial charge in [0.15, 0.2) is 0 Å². The maximum atomic E-state index is 3.65. The molecule has 1 aromatic rings. The fraction of sp³-hybridized carbons (Fsp3) is 0.625. The lowest BCUT2D eigenvalue weighted by Gasteiger charge is -2.39. The van der Waals surface area contributed by atoms with Crippen molar-refractivity contribution in [2.24, 2.45) is 0 Å². The summed E-state index contributed by atoms with van der Waals surface area (Å²) in [5.41, 5.74) is 3.25. The zero-order chi connectivity index (χ0) is 12.7. The van der Waals surface area contributed by atoms with Gasteiger partial charge in [0.25, 0.3) is 0 Å². The van der Waals surface area contributed by atoms with Gasteiger partial charge in [-0.2, -0.15) is 0 Å². The van der Waals surface area contributed by atoms with E-state index in [9.17, 15) is 0 Å². The highest BCUT2D eigenvalue weighted by Gasteiger charge is 2.30. The summed E-state index contributed by atoms with van der Waals surface area (Å²) in [6.45, 7) is 9.54. The Hall–Kier alpha value is -0.820. The Morgan fingerprint density at radius 3 is 2.00 bits per heavy atom.